The van der Waals surface area contributed by atoms with E-state index in [0.29, 0.717) is 11.3 Å². The molecule has 0 amide bonds. The first kappa shape index (κ1) is 12.9. The van der Waals surface area contributed by atoms with Crippen LogP contribution in [0, 0.1) is 5.41 Å². The number of aromatic nitrogens is 3. The minimum atomic E-state index is 0.383. The summed E-state index contributed by atoms with van der Waals surface area (Å²) in [7, 11) is 1.76. The van der Waals surface area contributed by atoms with Crippen LogP contribution in [0.5, 0.6) is 0 Å². The highest BCUT2D eigenvalue weighted by Gasteiger charge is 2.42. The Morgan fingerprint density at radius 2 is 2.32 bits per heavy atom. The van der Waals surface area contributed by atoms with E-state index >= 15 is 0 Å². The second kappa shape index (κ2) is 5.10. The molecule has 4 nitrogen and oxygen atoms in total. The third kappa shape index (κ3) is 2.47. The van der Waals surface area contributed by atoms with Crippen LogP contribution in [0.1, 0.15) is 25.1 Å². The second-order valence-corrected chi connectivity index (χ2v) is 5.62. The van der Waals surface area contributed by atoms with E-state index in [1.54, 1.807) is 13.3 Å². The van der Waals surface area contributed by atoms with Gasteiger partial charge in [-0.25, -0.2) is 4.98 Å². The molecule has 0 N–H and O–H groups in total. The number of halogens is 1. The summed E-state index contributed by atoms with van der Waals surface area (Å²) in [4.78, 5) is 8.69. The molecule has 1 fully saturated rings. The fraction of sp³-hybridized carbons (Fsp3) is 0.571. The number of imidazole rings is 1. The van der Waals surface area contributed by atoms with Crippen molar-refractivity contribution in [1.82, 2.24) is 14.5 Å². The molecule has 0 bridgehead atoms. The van der Waals surface area contributed by atoms with Gasteiger partial charge in [-0.2, -0.15) is 0 Å². The summed E-state index contributed by atoms with van der Waals surface area (Å²) in [5, 5.41) is 0. The van der Waals surface area contributed by atoms with Crippen LogP contribution in [0.3, 0.4) is 0 Å². The fourth-order valence-electron chi connectivity index (χ4n) is 2.63. The Hall–Kier alpha value is -1.13. The highest BCUT2D eigenvalue weighted by Crippen LogP contribution is 2.50. The molecule has 1 aliphatic rings. The summed E-state index contributed by atoms with van der Waals surface area (Å²) < 4.78 is 7.48. The molecular formula is C14H18ClN3O. The average Bonchev–Trinajstić information content (AvgIpc) is 3.12. The van der Waals surface area contributed by atoms with Crippen LogP contribution < -0.4 is 0 Å². The number of methoxy groups -OCH3 is 1. The van der Waals surface area contributed by atoms with Crippen molar-refractivity contribution in [2.24, 2.45) is 5.41 Å². The molecule has 0 aromatic carbocycles. The number of fused-ring (bicyclic) bond motifs is 1. The number of nitrogens with zero attached hydrogens (tertiary/aromatic N) is 3. The van der Waals surface area contributed by atoms with Crippen molar-refractivity contribution in [2.75, 3.05) is 13.7 Å². The Balaban J connectivity index is 1.91. The second-order valence-electron chi connectivity index (χ2n) is 5.35. The molecule has 19 heavy (non-hydrogen) atoms. The molecule has 102 valence electrons. The van der Waals surface area contributed by atoms with Gasteiger partial charge < -0.3 is 9.30 Å². The Bertz CT molecular complexity index is 577. The third-order valence-corrected chi connectivity index (χ3v) is 4.28. The maximum absolute atomic E-state index is 6.03. The van der Waals surface area contributed by atoms with Crippen molar-refractivity contribution < 1.29 is 4.74 Å². The topological polar surface area (TPSA) is 39.9 Å². The lowest BCUT2D eigenvalue weighted by molar-refractivity contribution is 0.167. The molecule has 2 aromatic rings. The van der Waals surface area contributed by atoms with E-state index in [4.69, 9.17) is 16.3 Å². The van der Waals surface area contributed by atoms with Crippen LogP contribution in [0.2, 0.25) is 0 Å². The fourth-order valence-corrected chi connectivity index (χ4v) is 2.83. The predicted molar refractivity (Wildman–Crippen MR) is 75.2 cm³/mol. The van der Waals surface area contributed by atoms with Crippen molar-refractivity contribution in [2.45, 2.75) is 31.7 Å². The minimum Gasteiger partial charge on any atom is -0.385 e. The monoisotopic (exact) mass is 279 g/mol. The third-order valence-electron chi connectivity index (χ3n) is 4.04. The molecule has 1 aliphatic carbocycles. The van der Waals surface area contributed by atoms with E-state index < -0.39 is 0 Å². The first-order valence-electron chi connectivity index (χ1n) is 6.62. The maximum Gasteiger partial charge on any atom is 0.124 e. The molecule has 5 heteroatoms. The van der Waals surface area contributed by atoms with Crippen molar-refractivity contribution in [3.8, 4) is 0 Å². The van der Waals surface area contributed by atoms with E-state index in [1.165, 1.54) is 12.8 Å². The molecule has 2 aromatic heterocycles. The molecule has 1 saturated carbocycles. The number of ether oxygens (including phenoxy) is 1. The molecule has 0 unspecified atom stereocenters. The highest BCUT2D eigenvalue weighted by atomic mass is 35.5. The van der Waals surface area contributed by atoms with Crippen LogP contribution in [0.25, 0.3) is 11.0 Å². The molecule has 2 heterocycles. The molecule has 0 saturated heterocycles. The zero-order valence-electron chi connectivity index (χ0n) is 11.1. The Morgan fingerprint density at radius 3 is 3.00 bits per heavy atom. The smallest absolute Gasteiger partial charge is 0.124 e. The van der Waals surface area contributed by atoms with Crippen LogP contribution in [0.4, 0.5) is 0 Å². The van der Waals surface area contributed by atoms with Gasteiger partial charge in [-0.05, 0) is 30.7 Å². The van der Waals surface area contributed by atoms with Crippen molar-refractivity contribution in [3.63, 3.8) is 0 Å². The number of rotatable bonds is 6. The van der Waals surface area contributed by atoms with Gasteiger partial charge in [0.1, 0.15) is 11.3 Å². The summed E-state index contributed by atoms with van der Waals surface area (Å²) in [5.74, 6) is 1.38. The van der Waals surface area contributed by atoms with E-state index in [2.05, 4.69) is 14.5 Å². The largest absolute Gasteiger partial charge is 0.385 e. The summed E-state index contributed by atoms with van der Waals surface area (Å²) in [5.41, 5.74) is 2.45. The standard InChI is InChI=1S/C14H18ClN3O/c1-19-7-5-14(3-4-14)10-18-12-2-6-16-9-11(12)17-13(18)8-15/h2,6,9H,3-5,7-8,10H2,1H3. The maximum atomic E-state index is 6.03. The molecule has 0 aliphatic heterocycles. The van der Waals surface area contributed by atoms with Gasteiger partial charge in [0.15, 0.2) is 0 Å². The van der Waals surface area contributed by atoms with Crippen LogP contribution >= 0.6 is 11.6 Å². The van der Waals surface area contributed by atoms with Crippen LogP contribution in [-0.4, -0.2) is 28.3 Å². The number of alkyl halides is 1. The van der Waals surface area contributed by atoms with Gasteiger partial charge in [0, 0.05) is 26.5 Å². The van der Waals surface area contributed by atoms with Crippen molar-refractivity contribution >= 4 is 22.6 Å². The highest BCUT2D eigenvalue weighted by molar-refractivity contribution is 6.16. The predicted octanol–water partition coefficient (Wildman–Crippen LogP) is 2.99. The van der Waals surface area contributed by atoms with Crippen LogP contribution in [-0.2, 0) is 17.2 Å². The van der Waals surface area contributed by atoms with E-state index in [0.717, 1.165) is 36.4 Å². The van der Waals surface area contributed by atoms with Gasteiger partial charge in [0.2, 0.25) is 0 Å². The Kier molecular flexibility index (Phi) is 3.46. The van der Waals surface area contributed by atoms with Gasteiger partial charge in [0.05, 0.1) is 17.6 Å². The number of pyridine rings is 1. The molecule has 0 spiro atoms. The first-order valence-corrected chi connectivity index (χ1v) is 7.15. The molecular weight excluding hydrogens is 262 g/mol. The van der Waals surface area contributed by atoms with Gasteiger partial charge >= 0.3 is 0 Å². The Labute approximate surface area is 117 Å². The number of hydrogen-bond donors (Lipinski definition) is 0. The van der Waals surface area contributed by atoms with Gasteiger partial charge in [-0.3, -0.25) is 4.98 Å². The molecule has 0 atom stereocenters. The van der Waals surface area contributed by atoms with Crippen molar-refractivity contribution in [1.29, 1.82) is 0 Å². The zero-order chi connectivity index (χ0) is 13.3. The summed E-state index contributed by atoms with van der Waals surface area (Å²) in [6.45, 7) is 1.81. The van der Waals surface area contributed by atoms with Crippen LogP contribution in [0.15, 0.2) is 18.5 Å². The van der Waals surface area contributed by atoms with E-state index in [-0.39, 0.29) is 0 Å². The molecule has 0 radical (unpaired) electrons. The zero-order valence-corrected chi connectivity index (χ0v) is 11.9. The lowest BCUT2D eigenvalue weighted by Crippen LogP contribution is -2.15. The van der Waals surface area contributed by atoms with E-state index in [9.17, 15) is 0 Å². The SMILES string of the molecule is COCCC1(Cn2c(CCl)nc3cnccc32)CC1. The first-order chi connectivity index (χ1) is 9.28. The summed E-state index contributed by atoms with van der Waals surface area (Å²) >= 11 is 6.03. The minimum absolute atomic E-state index is 0.383. The lowest BCUT2D eigenvalue weighted by Gasteiger charge is -2.17. The number of hydrogen-bond acceptors (Lipinski definition) is 3. The summed E-state index contributed by atoms with van der Waals surface area (Å²) in [6, 6.07) is 2.02. The van der Waals surface area contributed by atoms with Gasteiger partial charge in [-0.1, -0.05) is 0 Å². The molecule has 3 rings (SSSR count). The normalized spacial score (nSPS) is 16.9. The van der Waals surface area contributed by atoms with E-state index in [1.807, 2.05) is 12.3 Å². The lowest BCUT2D eigenvalue weighted by atomic mass is 10.0. The van der Waals surface area contributed by atoms with Gasteiger partial charge in [-0.15, -0.1) is 11.6 Å². The van der Waals surface area contributed by atoms with Gasteiger partial charge in [0.25, 0.3) is 0 Å². The quantitative estimate of drug-likeness (QED) is 0.763. The van der Waals surface area contributed by atoms with Crippen molar-refractivity contribution in [3.05, 3.63) is 24.3 Å². The average molecular weight is 280 g/mol. The summed E-state index contributed by atoms with van der Waals surface area (Å²) in [6.07, 6.45) is 7.26. The Morgan fingerprint density at radius 1 is 1.47 bits per heavy atom.